The smallest absolute Gasteiger partial charge is 0.394 e. The van der Waals surface area contributed by atoms with E-state index in [-0.39, 0.29) is 17.2 Å². The summed E-state index contributed by atoms with van der Waals surface area (Å²) in [6, 6.07) is 5.98. The van der Waals surface area contributed by atoms with E-state index in [1.807, 2.05) is 0 Å². The van der Waals surface area contributed by atoms with E-state index in [0.29, 0.717) is 12.1 Å². The third-order valence-corrected chi connectivity index (χ3v) is 3.77. The maximum atomic E-state index is 12.3. The predicted octanol–water partition coefficient (Wildman–Crippen LogP) is 3.91. The van der Waals surface area contributed by atoms with Crippen molar-refractivity contribution in [2.45, 2.75) is 25.4 Å². The number of urea groups is 1. The van der Waals surface area contributed by atoms with E-state index in [9.17, 15) is 22.8 Å². The summed E-state index contributed by atoms with van der Waals surface area (Å²) >= 11 is 0.895. The number of halogens is 3. The van der Waals surface area contributed by atoms with Crippen LogP contribution in [0.3, 0.4) is 0 Å². The fourth-order valence-corrected chi connectivity index (χ4v) is 2.67. The Labute approximate surface area is 144 Å². The minimum Gasteiger partial charge on any atom is -0.481 e. The zero-order valence-electron chi connectivity index (χ0n) is 12.8. The first-order valence-electron chi connectivity index (χ1n) is 7.11. The van der Waals surface area contributed by atoms with E-state index < -0.39 is 24.6 Å². The lowest BCUT2D eigenvalue weighted by Crippen LogP contribution is -2.19. The first-order chi connectivity index (χ1) is 11.7. The fourth-order valence-electron chi connectivity index (χ4n) is 1.97. The Hall–Kier alpha value is -2.62. The van der Waals surface area contributed by atoms with Crippen LogP contribution in [0.1, 0.15) is 17.7 Å². The van der Waals surface area contributed by atoms with Gasteiger partial charge in [-0.1, -0.05) is 12.1 Å². The lowest BCUT2D eigenvalue weighted by Gasteiger charge is -2.07. The number of nitrogens with zero attached hydrogens (tertiary/aromatic N) is 1. The van der Waals surface area contributed by atoms with Crippen LogP contribution in [-0.2, 0) is 17.6 Å². The van der Waals surface area contributed by atoms with Gasteiger partial charge in [-0.25, -0.2) is 9.78 Å². The van der Waals surface area contributed by atoms with Crippen LogP contribution >= 0.6 is 11.3 Å². The molecule has 25 heavy (non-hydrogen) atoms. The van der Waals surface area contributed by atoms with Crippen molar-refractivity contribution in [2.75, 3.05) is 10.6 Å². The number of aliphatic carboxylic acids is 1. The highest BCUT2D eigenvalue weighted by Crippen LogP contribution is 2.24. The number of amides is 2. The molecular formula is C15H14F3N3O3S. The van der Waals surface area contributed by atoms with Gasteiger partial charge in [-0.2, -0.15) is 13.2 Å². The standard InChI is InChI=1S/C15H14F3N3O3S/c16-15(17,18)7-11-8-25-14(20-11)21-13(24)19-10-3-1-2-9(6-10)4-5-12(22)23/h1-3,6,8H,4-5,7H2,(H,22,23)(H2,19,20,21,24). The molecule has 0 aliphatic heterocycles. The molecule has 1 aromatic carbocycles. The number of hydrogen-bond acceptors (Lipinski definition) is 4. The summed E-state index contributed by atoms with van der Waals surface area (Å²) in [5.41, 5.74) is 1.01. The molecule has 2 amide bonds. The molecule has 6 nitrogen and oxygen atoms in total. The highest BCUT2D eigenvalue weighted by Gasteiger charge is 2.29. The molecule has 0 saturated heterocycles. The molecule has 134 valence electrons. The Morgan fingerprint density at radius 1 is 1.24 bits per heavy atom. The van der Waals surface area contributed by atoms with Gasteiger partial charge >= 0.3 is 18.2 Å². The first-order valence-corrected chi connectivity index (χ1v) is 7.99. The molecule has 10 heteroatoms. The number of rotatable bonds is 6. The second-order valence-electron chi connectivity index (χ2n) is 5.11. The van der Waals surface area contributed by atoms with Gasteiger partial charge in [-0.15, -0.1) is 11.3 Å². The van der Waals surface area contributed by atoms with E-state index >= 15 is 0 Å². The topological polar surface area (TPSA) is 91.3 Å². The number of carboxylic acid groups (broad SMARTS) is 1. The van der Waals surface area contributed by atoms with E-state index in [4.69, 9.17) is 5.11 Å². The maximum Gasteiger partial charge on any atom is 0.394 e. The molecular weight excluding hydrogens is 359 g/mol. The van der Waals surface area contributed by atoms with Crippen molar-refractivity contribution >= 4 is 34.2 Å². The molecule has 1 aromatic heterocycles. The van der Waals surface area contributed by atoms with E-state index in [1.54, 1.807) is 24.3 Å². The van der Waals surface area contributed by atoms with E-state index in [0.717, 1.165) is 16.9 Å². The van der Waals surface area contributed by atoms with Gasteiger partial charge in [0, 0.05) is 17.5 Å². The van der Waals surface area contributed by atoms with Crippen molar-refractivity contribution in [3.63, 3.8) is 0 Å². The minimum absolute atomic E-state index is 0.0310. The summed E-state index contributed by atoms with van der Waals surface area (Å²) in [4.78, 5) is 26.2. The van der Waals surface area contributed by atoms with Crippen molar-refractivity contribution in [2.24, 2.45) is 0 Å². The summed E-state index contributed by atoms with van der Waals surface area (Å²) < 4.78 is 36.8. The van der Waals surface area contributed by atoms with Gasteiger partial charge in [0.2, 0.25) is 0 Å². The summed E-state index contributed by atoms with van der Waals surface area (Å²) in [5, 5.41) is 14.8. The van der Waals surface area contributed by atoms with E-state index in [2.05, 4.69) is 15.6 Å². The third kappa shape index (κ3) is 6.79. The van der Waals surface area contributed by atoms with Gasteiger partial charge in [0.15, 0.2) is 5.13 Å². The monoisotopic (exact) mass is 373 g/mol. The highest BCUT2D eigenvalue weighted by atomic mass is 32.1. The Morgan fingerprint density at radius 3 is 2.68 bits per heavy atom. The number of thiazole rings is 1. The number of carboxylic acids is 1. The Bertz CT molecular complexity index is 762. The first kappa shape index (κ1) is 18.7. The summed E-state index contributed by atoms with van der Waals surface area (Å²) in [6.45, 7) is 0. The summed E-state index contributed by atoms with van der Waals surface area (Å²) in [5.74, 6) is -0.922. The third-order valence-electron chi connectivity index (χ3n) is 2.97. The lowest BCUT2D eigenvalue weighted by atomic mass is 10.1. The molecule has 3 N–H and O–H groups in total. The molecule has 0 radical (unpaired) electrons. The number of benzene rings is 1. The van der Waals surface area contributed by atoms with Crippen LogP contribution in [0.5, 0.6) is 0 Å². The van der Waals surface area contributed by atoms with Crippen LogP contribution < -0.4 is 10.6 Å². The number of anilines is 2. The van der Waals surface area contributed by atoms with Crippen LogP contribution in [0.25, 0.3) is 0 Å². The molecule has 0 aliphatic rings. The van der Waals surface area contributed by atoms with Crippen LogP contribution in [-0.4, -0.2) is 28.3 Å². The molecule has 1 heterocycles. The van der Waals surface area contributed by atoms with Gasteiger partial charge in [-0.05, 0) is 24.1 Å². The SMILES string of the molecule is O=C(O)CCc1cccc(NC(=O)Nc2nc(CC(F)(F)F)cs2)c1. The zero-order valence-corrected chi connectivity index (χ0v) is 13.6. The second kappa shape index (κ2) is 7.97. The highest BCUT2D eigenvalue weighted by molar-refractivity contribution is 7.13. The van der Waals surface area contributed by atoms with Gasteiger partial charge in [-0.3, -0.25) is 10.1 Å². The Balaban J connectivity index is 1.92. The Kier molecular flexibility index (Phi) is 5.97. The molecule has 0 atom stereocenters. The summed E-state index contributed by atoms with van der Waals surface area (Å²) in [6.07, 6.45) is -5.22. The van der Waals surface area contributed by atoms with Crippen molar-refractivity contribution < 1.29 is 27.9 Å². The average molecular weight is 373 g/mol. The zero-order chi connectivity index (χ0) is 18.4. The quantitative estimate of drug-likeness (QED) is 0.716. The number of nitrogens with one attached hydrogen (secondary N) is 2. The number of alkyl halides is 3. The van der Waals surface area contributed by atoms with Gasteiger partial charge < -0.3 is 10.4 Å². The maximum absolute atomic E-state index is 12.3. The van der Waals surface area contributed by atoms with Crippen LogP contribution in [0.15, 0.2) is 29.6 Å². The van der Waals surface area contributed by atoms with Crippen LogP contribution in [0.2, 0.25) is 0 Å². The largest absolute Gasteiger partial charge is 0.481 e. The Morgan fingerprint density at radius 2 is 2.00 bits per heavy atom. The molecule has 0 saturated carbocycles. The molecule has 2 aromatic rings. The molecule has 0 bridgehead atoms. The number of aromatic nitrogens is 1. The van der Waals surface area contributed by atoms with Crippen LogP contribution in [0.4, 0.5) is 28.8 Å². The molecule has 0 unspecified atom stereocenters. The average Bonchev–Trinajstić information content (AvgIpc) is 2.90. The van der Waals surface area contributed by atoms with Crippen LogP contribution in [0, 0.1) is 0 Å². The fraction of sp³-hybridized carbons (Fsp3) is 0.267. The number of carbonyl (C=O) groups is 2. The molecule has 0 aliphatic carbocycles. The number of carbonyl (C=O) groups excluding carboxylic acids is 1. The number of hydrogen-bond donors (Lipinski definition) is 3. The molecule has 0 spiro atoms. The normalized spacial score (nSPS) is 11.2. The lowest BCUT2D eigenvalue weighted by molar-refractivity contribution is -0.137. The van der Waals surface area contributed by atoms with Crippen molar-refractivity contribution in [3.05, 3.63) is 40.9 Å². The van der Waals surface area contributed by atoms with Crippen molar-refractivity contribution in [1.29, 1.82) is 0 Å². The van der Waals surface area contributed by atoms with Crippen molar-refractivity contribution in [3.8, 4) is 0 Å². The van der Waals surface area contributed by atoms with Gasteiger partial charge in [0.05, 0.1) is 12.1 Å². The summed E-state index contributed by atoms with van der Waals surface area (Å²) in [7, 11) is 0. The second-order valence-corrected chi connectivity index (χ2v) is 5.97. The minimum atomic E-state index is -4.36. The van der Waals surface area contributed by atoms with Gasteiger partial charge in [0.25, 0.3) is 0 Å². The van der Waals surface area contributed by atoms with Crippen molar-refractivity contribution in [1.82, 2.24) is 4.98 Å². The molecule has 2 rings (SSSR count). The molecule has 0 fully saturated rings. The number of aryl methyl sites for hydroxylation is 1. The van der Waals surface area contributed by atoms with Gasteiger partial charge in [0.1, 0.15) is 0 Å². The van der Waals surface area contributed by atoms with E-state index in [1.165, 1.54) is 5.38 Å². The predicted molar refractivity (Wildman–Crippen MR) is 86.9 cm³/mol.